The number of nitrogens with one attached hydrogen (secondary N) is 1. The van der Waals surface area contributed by atoms with Crippen LogP contribution in [0.3, 0.4) is 0 Å². The molecule has 196 valence electrons. The number of hydrogen-bond acceptors (Lipinski definition) is 3. The molecule has 3 aromatic rings. The molecule has 0 spiro atoms. The number of rotatable bonds is 6. The SMILES string of the molecule is C[C@@H]1Cc2c([nH]c3ccccc23)CN1CC(C)(C)C.FCC1CN(CCOc2cc(F)cc(F)c2)C1. The fourth-order valence-electron chi connectivity index (χ4n) is 5.09. The van der Waals surface area contributed by atoms with Crippen molar-refractivity contribution in [2.24, 2.45) is 11.3 Å². The Morgan fingerprint density at radius 2 is 1.75 bits per heavy atom. The van der Waals surface area contributed by atoms with Crippen molar-refractivity contribution < 1.29 is 17.9 Å². The summed E-state index contributed by atoms with van der Waals surface area (Å²) in [5, 5.41) is 1.42. The van der Waals surface area contributed by atoms with E-state index in [1.54, 1.807) is 0 Å². The van der Waals surface area contributed by atoms with E-state index in [9.17, 15) is 13.2 Å². The average molecular weight is 502 g/mol. The molecular formula is C29H38F3N3O. The van der Waals surface area contributed by atoms with E-state index in [4.69, 9.17) is 4.74 Å². The van der Waals surface area contributed by atoms with Crippen molar-refractivity contribution in [3.8, 4) is 5.75 Å². The molecule has 0 saturated carbocycles. The van der Waals surface area contributed by atoms with E-state index in [0.717, 1.165) is 50.8 Å². The first-order chi connectivity index (χ1) is 17.1. The van der Waals surface area contributed by atoms with E-state index in [1.165, 1.54) is 22.2 Å². The van der Waals surface area contributed by atoms with Gasteiger partial charge in [0.15, 0.2) is 0 Å². The molecule has 7 heteroatoms. The molecule has 1 N–H and O–H groups in total. The van der Waals surface area contributed by atoms with Gasteiger partial charge in [-0.2, -0.15) is 0 Å². The summed E-state index contributed by atoms with van der Waals surface area (Å²) in [5.74, 6) is -0.977. The Hall–Kier alpha value is -2.51. The minimum absolute atomic E-state index is 0.140. The number of ether oxygens (including phenoxy) is 1. The first kappa shape index (κ1) is 26.6. The van der Waals surface area contributed by atoms with Gasteiger partial charge in [0.05, 0.1) is 6.67 Å². The average Bonchev–Trinajstić information content (AvgIpc) is 3.11. The van der Waals surface area contributed by atoms with Crippen LogP contribution in [0.15, 0.2) is 42.5 Å². The molecule has 0 aliphatic carbocycles. The van der Waals surface area contributed by atoms with E-state index in [1.807, 2.05) is 4.90 Å². The van der Waals surface area contributed by atoms with Crippen molar-refractivity contribution in [3.05, 3.63) is 65.4 Å². The number of para-hydroxylation sites is 1. The van der Waals surface area contributed by atoms with Crippen LogP contribution in [-0.2, 0) is 13.0 Å². The van der Waals surface area contributed by atoms with Crippen LogP contribution >= 0.6 is 0 Å². The third-order valence-corrected chi connectivity index (χ3v) is 6.83. The number of aromatic amines is 1. The normalized spacial score (nSPS) is 18.9. The van der Waals surface area contributed by atoms with Gasteiger partial charge in [0.2, 0.25) is 0 Å². The molecule has 2 aliphatic rings. The lowest BCUT2D eigenvalue weighted by molar-refractivity contribution is 0.0667. The summed E-state index contributed by atoms with van der Waals surface area (Å²) in [6.45, 7) is 13.7. The summed E-state index contributed by atoms with van der Waals surface area (Å²) in [6.07, 6.45) is 1.16. The van der Waals surface area contributed by atoms with Crippen molar-refractivity contribution in [1.82, 2.24) is 14.8 Å². The largest absolute Gasteiger partial charge is 0.492 e. The molecule has 36 heavy (non-hydrogen) atoms. The quantitative estimate of drug-likeness (QED) is 0.436. The van der Waals surface area contributed by atoms with Crippen molar-refractivity contribution in [2.45, 2.75) is 46.7 Å². The van der Waals surface area contributed by atoms with Crippen LogP contribution in [0.25, 0.3) is 10.9 Å². The molecule has 1 saturated heterocycles. The Labute approximate surface area is 212 Å². The molecule has 2 aliphatic heterocycles. The Morgan fingerprint density at radius 1 is 1.06 bits per heavy atom. The summed E-state index contributed by atoms with van der Waals surface area (Å²) >= 11 is 0. The first-order valence-corrected chi connectivity index (χ1v) is 12.8. The van der Waals surface area contributed by atoms with E-state index < -0.39 is 11.6 Å². The topological polar surface area (TPSA) is 31.5 Å². The van der Waals surface area contributed by atoms with Gasteiger partial charge in [-0.3, -0.25) is 14.2 Å². The Balaban J connectivity index is 0.000000170. The first-order valence-electron chi connectivity index (χ1n) is 12.8. The second-order valence-electron chi connectivity index (χ2n) is 11.4. The number of alkyl halides is 1. The molecule has 3 heterocycles. The highest BCUT2D eigenvalue weighted by molar-refractivity contribution is 5.84. The third kappa shape index (κ3) is 6.83. The third-order valence-electron chi connectivity index (χ3n) is 6.83. The van der Waals surface area contributed by atoms with Gasteiger partial charge in [0.25, 0.3) is 0 Å². The number of fused-ring (bicyclic) bond motifs is 3. The molecular weight excluding hydrogens is 463 g/mol. The predicted octanol–water partition coefficient (Wildman–Crippen LogP) is 6.21. The predicted molar refractivity (Wildman–Crippen MR) is 139 cm³/mol. The summed E-state index contributed by atoms with van der Waals surface area (Å²) in [7, 11) is 0. The minimum Gasteiger partial charge on any atom is -0.492 e. The zero-order chi connectivity index (χ0) is 25.9. The molecule has 1 aromatic heterocycles. The molecule has 1 atom stereocenters. The van der Waals surface area contributed by atoms with Gasteiger partial charge in [0.1, 0.15) is 24.0 Å². The highest BCUT2D eigenvalue weighted by Crippen LogP contribution is 2.31. The molecule has 1 fully saturated rings. The zero-order valence-corrected chi connectivity index (χ0v) is 21.8. The van der Waals surface area contributed by atoms with Crippen LogP contribution in [0.5, 0.6) is 5.75 Å². The summed E-state index contributed by atoms with van der Waals surface area (Å²) in [5.41, 5.74) is 4.60. The molecule has 0 unspecified atom stereocenters. The zero-order valence-electron chi connectivity index (χ0n) is 21.8. The van der Waals surface area contributed by atoms with Gasteiger partial charge in [-0.15, -0.1) is 0 Å². The van der Waals surface area contributed by atoms with Crippen molar-refractivity contribution >= 4 is 10.9 Å². The number of nitrogens with zero attached hydrogens (tertiary/aromatic N) is 2. The molecule has 2 aromatic carbocycles. The van der Waals surface area contributed by atoms with E-state index in [-0.39, 0.29) is 18.3 Å². The van der Waals surface area contributed by atoms with E-state index in [2.05, 4.69) is 61.8 Å². The molecule has 0 amide bonds. The monoisotopic (exact) mass is 501 g/mol. The second kappa shape index (κ2) is 11.3. The maximum atomic E-state index is 12.8. The fourth-order valence-corrected chi connectivity index (χ4v) is 5.09. The number of aromatic nitrogens is 1. The van der Waals surface area contributed by atoms with Gasteiger partial charge < -0.3 is 9.72 Å². The summed E-state index contributed by atoms with van der Waals surface area (Å²) < 4.78 is 43.0. The second-order valence-corrected chi connectivity index (χ2v) is 11.4. The summed E-state index contributed by atoms with van der Waals surface area (Å²) in [6, 6.07) is 12.4. The fraction of sp³-hybridized carbons (Fsp3) is 0.517. The highest BCUT2D eigenvalue weighted by atomic mass is 19.1. The molecule has 0 bridgehead atoms. The van der Waals surface area contributed by atoms with Crippen molar-refractivity contribution in [3.63, 3.8) is 0 Å². The van der Waals surface area contributed by atoms with Gasteiger partial charge in [-0.1, -0.05) is 39.0 Å². The smallest absolute Gasteiger partial charge is 0.129 e. The highest BCUT2D eigenvalue weighted by Gasteiger charge is 2.28. The lowest BCUT2D eigenvalue weighted by Gasteiger charge is -2.37. The number of H-pyrrole nitrogens is 1. The van der Waals surface area contributed by atoms with Crippen LogP contribution in [0, 0.1) is 23.0 Å². The lowest BCUT2D eigenvalue weighted by atomic mass is 9.91. The van der Waals surface area contributed by atoms with Gasteiger partial charge >= 0.3 is 0 Å². The Morgan fingerprint density at radius 3 is 2.42 bits per heavy atom. The van der Waals surface area contributed by atoms with Crippen LogP contribution in [0.1, 0.15) is 39.0 Å². The number of hydrogen-bond donors (Lipinski definition) is 1. The lowest BCUT2D eigenvalue weighted by Crippen LogP contribution is -2.49. The maximum absolute atomic E-state index is 12.8. The molecule has 5 rings (SSSR count). The van der Waals surface area contributed by atoms with Gasteiger partial charge in [0, 0.05) is 79.5 Å². The van der Waals surface area contributed by atoms with Gasteiger partial charge in [-0.05, 0) is 30.4 Å². The van der Waals surface area contributed by atoms with Crippen LogP contribution < -0.4 is 4.74 Å². The molecule has 0 radical (unpaired) electrons. The molecule has 4 nitrogen and oxygen atoms in total. The standard InChI is InChI=1S/C17H24N2.C12H14F3NO/c1-12-9-14-13-7-5-6-8-15(13)18-16(14)10-19(12)11-17(2,3)4;13-6-9-7-16(8-9)1-2-17-12-4-10(14)3-11(15)5-12/h5-8,12,18H,9-11H2,1-4H3;3-5,9H,1-2,6-8H2/t12-;/m1./s1. The van der Waals surface area contributed by atoms with Crippen LogP contribution in [0.4, 0.5) is 13.2 Å². The number of halogens is 3. The van der Waals surface area contributed by atoms with Gasteiger partial charge in [-0.25, -0.2) is 8.78 Å². The van der Waals surface area contributed by atoms with E-state index >= 15 is 0 Å². The number of likely N-dealkylation sites (tertiary alicyclic amines) is 1. The number of benzene rings is 2. The van der Waals surface area contributed by atoms with E-state index in [0.29, 0.717) is 24.6 Å². The van der Waals surface area contributed by atoms with Crippen molar-refractivity contribution in [1.29, 1.82) is 0 Å². The van der Waals surface area contributed by atoms with Crippen LogP contribution in [0.2, 0.25) is 0 Å². The summed E-state index contributed by atoms with van der Waals surface area (Å²) in [4.78, 5) is 8.26. The minimum atomic E-state index is -0.651. The van der Waals surface area contributed by atoms with Crippen LogP contribution in [-0.4, -0.2) is 60.3 Å². The van der Waals surface area contributed by atoms with Crippen molar-refractivity contribution in [2.75, 3.05) is 39.5 Å². The Kier molecular flexibility index (Phi) is 8.30. The maximum Gasteiger partial charge on any atom is 0.129 e. The Bertz CT molecular complexity index is 1130.